The molecule has 0 bridgehead atoms. The minimum Gasteiger partial charge on any atom is -0.481 e. The van der Waals surface area contributed by atoms with Gasteiger partial charge in [-0.25, -0.2) is 4.79 Å². The molecule has 1 aromatic heterocycles. The number of carboxylic acids is 1. The molecule has 6 nitrogen and oxygen atoms in total. The standard InChI is InChI=1S/C17H25N3O3/c1-11(2)14(15-12(3)5-4-8-18-15)19-17(23)20-9-6-13(7-10-20)16(21)22/h4-5,8,11,13-14H,6-7,9-10H2,1-3H3,(H,19,23)(H,21,22). The normalized spacial score (nSPS) is 17.1. The molecule has 0 aliphatic carbocycles. The van der Waals surface area contributed by atoms with E-state index < -0.39 is 5.97 Å². The third kappa shape index (κ3) is 4.21. The first kappa shape index (κ1) is 17.2. The Morgan fingerprint density at radius 3 is 2.52 bits per heavy atom. The van der Waals surface area contributed by atoms with Crippen molar-refractivity contribution in [2.45, 2.75) is 39.7 Å². The van der Waals surface area contributed by atoms with E-state index in [0.717, 1.165) is 11.3 Å². The van der Waals surface area contributed by atoms with Crippen LogP contribution in [0.1, 0.15) is 44.0 Å². The number of pyridine rings is 1. The predicted octanol–water partition coefficient (Wildman–Crippen LogP) is 2.59. The summed E-state index contributed by atoms with van der Waals surface area (Å²) in [5.74, 6) is -0.892. The molecule has 1 saturated heterocycles. The molecule has 2 N–H and O–H groups in total. The Morgan fingerprint density at radius 1 is 1.35 bits per heavy atom. The van der Waals surface area contributed by atoms with Crippen LogP contribution in [0.25, 0.3) is 0 Å². The van der Waals surface area contributed by atoms with Crippen LogP contribution < -0.4 is 5.32 Å². The Balaban J connectivity index is 2.02. The molecule has 1 aromatic rings. The number of carbonyl (C=O) groups is 2. The lowest BCUT2D eigenvalue weighted by Crippen LogP contribution is -2.47. The number of carboxylic acid groups (broad SMARTS) is 1. The summed E-state index contributed by atoms with van der Waals surface area (Å²) in [6, 6.07) is 3.58. The Hall–Kier alpha value is -2.11. The number of aryl methyl sites for hydroxylation is 1. The molecule has 2 heterocycles. The molecule has 1 aliphatic heterocycles. The van der Waals surface area contributed by atoms with Gasteiger partial charge in [0.25, 0.3) is 0 Å². The SMILES string of the molecule is Cc1cccnc1C(NC(=O)N1CCC(C(=O)O)CC1)C(C)C. The van der Waals surface area contributed by atoms with Crippen molar-refractivity contribution in [3.63, 3.8) is 0 Å². The van der Waals surface area contributed by atoms with Crippen LogP contribution in [-0.4, -0.2) is 40.1 Å². The number of amides is 2. The highest BCUT2D eigenvalue weighted by atomic mass is 16.4. The zero-order chi connectivity index (χ0) is 17.0. The van der Waals surface area contributed by atoms with E-state index in [2.05, 4.69) is 24.1 Å². The number of nitrogens with one attached hydrogen (secondary N) is 1. The quantitative estimate of drug-likeness (QED) is 0.893. The number of piperidine rings is 1. The maximum atomic E-state index is 12.5. The van der Waals surface area contributed by atoms with Crippen LogP contribution in [0.2, 0.25) is 0 Å². The molecule has 2 rings (SSSR count). The Labute approximate surface area is 136 Å². The number of aliphatic carboxylic acids is 1. The first-order valence-electron chi connectivity index (χ1n) is 8.10. The van der Waals surface area contributed by atoms with E-state index in [0.29, 0.717) is 25.9 Å². The minimum absolute atomic E-state index is 0.141. The van der Waals surface area contributed by atoms with Gasteiger partial charge in [0, 0.05) is 19.3 Å². The van der Waals surface area contributed by atoms with Gasteiger partial charge in [0.2, 0.25) is 0 Å². The van der Waals surface area contributed by atoms with Crippen molar-refractivity contribution in [3.05, 3.63) is 29.6 Å². The van der Waals surface area contributed by atoms with Crippen molar-refractivity contribution < 1.29 is 14.7 Å². The lowest BCUT2D eigenvalue weighted by atomic mass is 9.96. The van der Waals surface area contributed by atoms with Crippen molar-refractivity contribution >= 4 is 12.0 Å². The number of urea groups is 1. The first-order chi connectivity index (χ1) is 10.9. The number of hydrogen-bond donors (Lipinski definition) is 2. The molecule has 1 atom stereocenters. The molecule has 2 amide bonds. The highest BCUT2D eigenvalue weighted by molar-refractivity contribution is 5.76. The topological polar surface area (TPSA) is 82.5 Å². The summed E-state index contributed by atoms with van der Waals surface area (Å²) in [5, 5.41) is 12.1. The van der Waals surface area contributed by atoms with Crippen LogP contribution in [-0.2, 0) is 4.79 Å². The molecule has 0 saturated carbocycles. The molecular formula is C17H25N3O3. The number of aromatic nitrogens is 1. The zero-order valence-corrected chi connectivity index (χ0v) is 14.0. The van der Waals surface area contributed by atoms with Crippen molar-refractivity contribution in [1.82, 2.24) is 15.2 Å². The highest BCUT2D eigenvalue weighted by Gasteiger charge is 2.29. The number of rotatable bonds is 4. The van der Waals surface area contributed by atoms with E-state index in [4.69, 9.17) is 5.11 Å². The van der Waals surface area contributed by atoms with Crippen molar-refractivity contribution in [3.8, 4) is 0 Å². The van der Waals surface area contributed by atoms with E-state index in [9.17, 15) is 9.59 Å². The van der Waals surface area contributed by atoms with Gasteiger partial charge in [-0.3, -0.25) is 9.78 Å². The second-order valence-electron chi connectivity index (χ2n) is 6.48. The summed E-state index contributed by atoms with van der Waals surface area (Å²) >= 11 is 0. The summed E-state index contributed by atoms with van der Waals surface area (Å²) in [4.78, 5) is 29.6. The third-order valence-electron chi connectivity index (χ3n) is 4.42. The molecule has 23 heavy (non-hydrogen) atoms. The summed E-state index contributed by atoms with van der Waals surface area (Å²) in [5.41, 5.74) is 1.94. The van der Waals surface area contributed by atoms with Crippen LogP contribution in [0.5, 0.6) is 0 Å². The molecule has 0 aromatic carbocycles. The van der Waals surface area contributed by atoms with Crippen LogP contribution in [0.15, 0.2) is 18.3 Å². The number of carbonyl (C=O) groups excluding carboxylic acids is 1. The zero-order valence-electron chi connectivity index (χ0n) is 14.0. The van der Waals surface area contributed by atoms with Crippen molar-refractivity contribution in [2.24, 2.45) is 11.8 Å². The molecule has 6 heteroatoms. The summed E-state index contributed by atoms with van der Waals surface area (Å²) in [7, 11) is 0. The second-order valence-corrected chi connectivity index (χ2v) is 6.48. The average Bonchev–Trinajstić information content (AvgIpc) is 2.53. The second kappa shape index (κ2) is 7.44. The van der Waals surface area contributed by atoms with Crippen LogP contribution >= 0.6 is 0 Å². The fraction of sp³-hybridized carbons (Fsp3) is 0.588. The fourth-order valence-corrected chi connectivity index (χ4v) is 2.93. The first-order valence-corrected chi connectivity index (χ1v) is 8.10. The van der Waals surface area contributed by atoms with Crippen molar-refractivity contribution in [2.75, 3.05) is 13.1 Å². The van der Waals surface area contributed by atoms with Gasteiger partial charge in [-0.15, -0.1) is 0 Å². The molecule has 126 valence electrons. The smallest absolute Gasteiger partial charge is 0.317 e. The molecular weight excluding hydrogens is 294 g/mol. The van der Waals surface area contributed by atoms with Gasteiger partial charge >= 0.3 is 12.0 Å². The fourth-order valence-electron chi connectivity index (χ4n) is 2.93. The van der Waals surface area contributed by atoms with E-state index in [1.807, 2.05) is 19.1 Å². The number of nitrogens with zero attached hydrogens (tertiary/aromatic N) is 2. The lowest BCUT2D eigenvalue weighted by Gasteiger charge is -2.32. The van der Waals surface area contributed by atoms with E-state index in [-0.39, 0.29) is 23.9 Å². The summed E-state index contributed by atoms with van der Waals surface area (Å²) < 4.78 is 0. The highest BCUT2D eigenvalue weighted by Crippen LogP contribution is 2.24. The van der Waals surface area contributed by atoms with E-state index >= 15 is 0 Å². The maximum Gasteiger partial charge on any atom is 0.317 e. The van der Waals surface area contributed by atoms with Gasteiger partial charge in [-0.05, 0) is 37.3 Å². The van der Waals surface area contributed by atoms with Gasteiger partial charge in [-0.2, -0.15) is 0 Å². The minimum atomic E-state index is -0.769. The van der Waals surface area contributed by atoms with Gasteiger partial charge in [-0.1, -0.05) is 19.9 Å². The van der Waals surface area contributed by atoms with E-state index in [1.54, 1.807) is 11.1 Å². The van der Waals surface area contributed by atoms with Gasteiger partial charge in [0.1, 0.15) is 0 Å². The van der Waals surface area contributed by atoms with Crippen molar-refractivity contribution in [1.29, 1.82) is 0 Å². The van der Waals surface area contributed by atoms with Gasteiger partial charge in [0.15, 0.2) is 0 Å². The number of hydrogen-bond acceptors (Lipinski definition) is 3. The van der Waals surface area contributed by atoms with Gasteiger partial charge < -0.3 is 15.3 Å². The van der Waals surface area contributed by atoms with Gasteiger partial charge in [0.05, 0.1) is 17.7 Å². The summed E-state index contributed by atoms with van der Waals surface area (Å²) in [6.07, 6.45) is 2.76. The van der Waals surface area contributed by atoms with Crippen LogP contribution in [0, 0.1) is 18.8 Å². The van der Waals surface area contributed by atoms with E-state index in [1.165, 1.54) is 0 Å². The summed E-state index contributed by atoms with van der Waals surface area (Å²) in [6.45, 7) is 7.05. The molecule has 0 spiro atoms. The Kier molecular flexibility index (Phi) is 5.58. The Morgan fingerprint density at radius 2 is 2.00 bits per heavy atom. The average molecular weight is 319 g/mol. The van der Waals surface area contributed by atoms with Crippen LogP contribution in [0.3, 0.4) is 0 Å². The molecule has 1 aliphatic rings. The maximum absolute atomic E-state index is 12.5. The molecule has 1 fully saturated rings. The largest absolute Gasteiger partial charge is 0.481 e. The molecule has 0 radical (unpaired) electrons. The third-order valence-corrected chi connectivity index (χ3v) is 4.42. The molecule has 1 unspecified atom stereocenters. The Bertz CT molecular complexity index is 566. The lowest BCUT2D eigenvalue weighted by molar-refractivity contribution is -0.143. The monoisotopic (exact) mass is 319 g/mol. The predicted molar refractivity (Wildman–Crippen MR) is 87.0 cm³/mol. The number of likely N-dealkylation sites (tertiary alicyclic amines) is 1. The van der Waals surface area contributed by atoms with Crippen LogP contribution in [0.4, 0.5) is 4.79 Å².